The molecule has 17 heavy (non-hydrogen) atoms. The van der Waals surface area contributed by atoms with Gasteiger partial charge in [0, 0.05) is 25.6 Å². The molecule has 0 aromatic rings. The molecular weight excluding hydrogens is 224 g/mol. The second kappa shape index (κ2) is 5.31. The van der Waals surface area contributed by atoms with E-state index < -0.39 is 5.03 Å². The van der Waals surface area contributed by atoms with Crippen LogP contribution in [0.2, 0.25) is 0 Å². The molecule has 2 saturated heterocycles. The Labute approximate surface area is 100.0 Å². The number of nitrogens with one attached hydrogen (secondary N) is 1. The molecule has 2 rings (SSSR count). The second-order valence-corrected chi connectivity index (χ2v) is 4.63. The molecule has 7 nitrogen and oxygen atoms in total. The minimum atomic E-state index is -0.644. The third-order valence-corrected chi connectivity index (χ3v) is 3.12. The normalized spacial score (nSPS) is 31.6. The summed E-state index contributed by atoms with van der Waals surface area (Å²) >= 11 is 0. The average Bonchev–Trinajstić information content (AvgIpc) is 2.66. The van der Waals surface area contributed by atoms with Gasteiger partial charge in [0.2, 0.25) is 0 Å². The van der Waals surface area contributed by atoms with E-state index >= 15 is 0 Å². The Morgan fingerprint density at radius 1 is 1.71 bits per heavy atom. The van der Waals surface area contributed by atoms with Crippen molar-refractivity contribution in [1.29, 1.82) is 0 Å². The van der Waals surface area contributed by atoms with Gasteiger partial charge in [-0.25, -0.2) is 10.1 Å². The highest BCUT2D eigenvalue weighted by Crippen LogP contribution is 2.20. The Balaban J connectivity index is 1.94. The molecule has 2 aliphatic rings. The molecule has 2 aliphatic heterocycles. The van der Waals surface area contributed by atoms with Gasteiger partial charge in [0.1, 0.15) is 5.10 Å². The summed E-state index contributed by atoms with van der Waals surface area (Å²) in [5, 5.41) is 16.2. The first-order valence-electron chi connectivity index (χ1n) is 5.98. The van der Waals surface area contributed by atoms with Crippen molar-refractivity contribution in [2.45, 2.75) is 25.9 Å². The zero-order valence-electron chi connectivity index (χ0n) is 9.96. The summed E-state index contributed by atoms with van der Waals surface area (Å²) < 4.78 is 5.50. The van der Waals surface area contributed by atoms with Crippen molar-refractivity contribution in [3.05, 3.63) is 10.1 Å². The highest BCUT2D eigenvalue weighted by atomic mass is 16.7. The molecule has 1 N–H and O–H groups in total. The maximum Gasteiger partial charge on any atom is 0.271 e. The number of hydrogen-bond acceptors (Lipinski definition) is 3. The Morgan fingerprint density at radius 3 is 3.18 bits per heavy atom. The Bertz CT molecular complexity index is 321. The number of hydrazone groups is 1. The first kappa shape index (κ1) is 12.1. The molecule has 2 unspecified atom stereocenters. The van der Waals surface area contributed by atoms with Crippen molar-refractivity contribution in [3.8, 4) is 0 Å². The fourth-order valence-corrected chi connectivity index (χ4v) is 2.39. The van der Waals surface area contributed by atoms with Crippen LogP contribution in [0.25, 0.3) is 0 Å². The molecule has 0 aromatic heterocycles. The number of guanidine groups is 1. The Morgan fingerprint density at radius 2 is 2.53 bits per heavy atom. The number of hydrogen-bond donors (Lipinski definition) is 1. The summed E-state index contributed by atoms with van der Waals surface area (Å²) in [6.07, 6.45) is 2.30. The highest BCUT2D eigenvalue weighted by Gasteiger charge is 2.27. The fraction of sp³-hybridized carbons (Fsp3) is 0.900. The van der Waals surface area contributed by atoms with Gasteiger partial charge in [0.15, 0.2) is 5.03 Å². The third-order valence-electron chi connectivity index (χ3n) is 3.12. The van der Waals surface area contributed by atoms with Gasteiger partial charge in [-0.1, -0.05) is 0 Å². The third kappa shape index (κ3) is 3.29. The van der Waals surface area contributed by atoms with Crippen LogP contribution in [0.3, 0.4) is 0 Å². The summed E-state index contributed by atoms with van der Waals surface area (Å²) in [7, 11) is 0. The smallest absolute Gasteiger partial charge is 0.271 e. The zero-order valence-corrected chi connectivity index (χ0v) is 9.96. The van der Waals surface area contributed by atoms with Crippen LogP contribution in [-0.4, -0.2) is 48.2 Å². The number of nitrogens with zero attached hydrogens (tertiary/aromatic N) is 3. The van der Waals surface area contributed by atoms with Gasteiger partial charge in [-0.3, -0.25) is 0 Å². The number of ether oxygens (including phenoxy) is 1. The van der Waals surface area contributed by atoms with Crippen LogP contribution in [0.4, 0.5) is 0 Å². The lowest BCUT2D eigenvalue weighted by Gasteiger charge is -2.30. The molecule has 0 radical (unpaired) electrons. The fourth-order valence-electron chi connectivity index (χ4n) is 2.39. The van der Waals surface area contributed by atoms with E-state index in [1.165, 1.54) is 0 Å². The van der Waals surface area contributed by atoms with Crippen molar-refractivity contribution >= 4 is 5.96 Å². The van der Waals surface area contributed by atoms with Gasteiger partial charge >= 0.3 is 0 Å². The van der Waals surface area contributed by atoms with Crippen LogP contribution in [-0.2, 0) is 4.74 Å². The maximum atomic E-state index is 10.4. The summed E-state index contributed by atoms with van der Waals surface area (Å²) in [6, 6.07) is 0. The van der Waals surface area contributed by atoms with Crippen molar-refractivity contribution in [1.82, 2.24) is 10.2 Å². The summed E-state index contributed by atoms with van der Waals surface area (Å²) in [5.41, 5.74) is 0. The van der Waals surface area contributed by atoms with Gasteiger partial charge in [-0.05, 0) is 19.8 Å². The molecule has 96 valence electrons. The van der Waals surface area contributed by atoms with Crippen LogP contribution >= 0.6 is 0 Å². The minimum Gasteiger partial charge on any atom is -0.378 e. The molecule has 0 saturated carbocycles. The SMILES string of the molecule is CC1CC(CN2CCCNC2=N[N+](=O)[O-])CO1. The quantitative estimate of drug-likeness (QED) is 0.567. The minimum absolute atomic E-state index is 0.300. The van der Waals surface area contributed by atoms with E-state index in [2.05, 4.69) is 17.3 Å². The summed E-state index contributed by atoms with van der Waals surface area (Å²) in [4.78, 5) is 12.4. The monoisotopic (exact) mass is 242 g/mol. The Hall–Kier alpha value is -1.37. The lowest BCUT2D eigenvalue weighted by Crippen LogP contribution is -2.49. The van der Waals surface area contributed by atoms with Gasteiger partial charge in [-0.15, -0.1) is 0 Å². The lowest BCUT2D eigenvalue weighted by atomic mass is 10.1. The number of rotatable bonds is 3. The van der Waals surface area contributed by atoms with E-state index in [1.54, 1.807) is 0 Å². The van der Waals surface area contributed by atoms with Crippen LogP contribution in [0.1, 0.15) is 19.8 Å². The van der Waals surface area contributed by atoms with Crippen molar-refractivity contribution in [3.63, 3.8) is 0 Å². The predicted octanol–water partition coefficient (Wildman–Crippen LogP) is 0.254. The predicted molar refractivity (Wildman–Crippen MR) is 62.1 cm³/mol. The van der Waals surface area contributed by atoms with Crippen LogP contribution in [0.15, 0.2) is 5.10 Å². The highest BCUT2D eigenvalue weighted by molar-refractivity contribution is 5.79. The van der Waals surface area contributed by atoms with Crippen molar-refractivity contribution < 1.29 is 9.77 Å². The molecule has 0 bridgehead atoms. The molecule has 0 aromatic carbocycles. The van der Waals surface area contributed by atoms with Gasteiger partial charge < -0.3 is 15.0 Å². The molecule has 2 heterocycles. The maximum absolute atomic E-state index is 10.4. The average molecular weight is 242 g/mol. The van der Waals surface area contributed by atoms with Crippen LogP contribution in [0.5, 0.6) is 0 Å². The van der Waals surface area contributed by atoms with Crippen LogP contribution < -0.4 is 5.32 Å². The zero-order chi connectivity index (χ0) is 12.3. The van der Waals surface area contributed by atoms with Crippen molar-refractivity contribution in [2.24, 2.45) is 11.0 Å². The summed E-state index contributed by atoms with van der Waals surface area (Å²) in [5.74, 6) is 0.836. The van der Waals surface area contributed by atoms with E-state index in [0.717, 1.165) is 39.1 Å². The standard InChI is InChI=1S/C10H18N4O3/c1-8-5-9(7-17-8)6-13-4-2-3-11-10(13)12-14(15)16/h8-9H,2-7H2,1H3,(H,11,12). The van der Waals surface area contributed by atoms with E-state index in [9.17, 15) is 10.1 Å². The first-order valence-corrected chi connectivity index (χ1v) is 5.98. The second-order valence-electron chi connectivity index (χ2n) is 4.63. The van der Waals surface area contributed by atoms with Gasteiger partial charge in [-0.2, -0.15) is 0 Å². The number of nitro groups is 1. The van der Waals surface area contributed by atoms with E-state index in [-0.39, 0.29) is 0 Å². The molecular formula is C10H18N4O3. The van der Waals surface area contributed by atoms with E-state index in [4.69, 9.17) is 4.74 Å². The summed E-state index contributed by atoms with van der Waals surface area (Å²) in [6.45, 7) is 5.15. The molecule has 0 amide bonds. The molecule has 0 spiro atoms. The molecule has 2 atom stereocenters. The molecule has 2 fully saturated rings. The lowest BCUT2D eigenvalue weighted by molar-refractivity contribution is -0.486. The van der Waals surface area contributed by atoms with Crippen molar-refractivity contribution in [2.75, 3.05) is 26.2 Å². The van der Waals surface area contributed by atoms with Crippen LogP contribution in [0, 0.1) is 16.0 Å². The Kier molecular flexibility index (Phi) is 3.78. The van der Waals surface area contributed by atoms with E-state index in [1.807, 2.05) is 4.90 Å². The van der Waals surface area contributed by atoms with E-state index in [0.29, 0.717) is 18.0 Å². The largest absolute Gasteiger partial charge is 0.378 e. The van der Waals surface area contributed by atoms with Gasteiger partial charge in [0.25, 0.3) is 5.96 Å². The molecule has 7 heteroatoms. The molecule has 0 aliphatic carbocycles. The van der Waals surface area contributed by atoms with Gasteiger partial charge in [0.05, 0.1) is 12.7 Å². The first-order chi connectivity index (χ1) is 8.15. The topological polar surface area (TPSA) is 80.0 Å².